The van der Waals surface area contributed by atoms with Crippen LogP contribution in [-0.2, 0) is 19.0 Å². The van der Waals surface area contributed by atoms with Crippen LogP contribution >= 0.6 is 0 Å². The lowest BCUT2D eigenvalue weighted by Crippen LogP contribution is -2.43. The van der Waals surface area contributed by atoms with E-state index in [4.69, 9.17) is 14.2 Å². The molecule has 1 N–H and O–H groups in total. The molecule has 2 fully saturated rings. The fraction of sp³-hybridized carbons (Fsp3) is 0.692. The standard InChI is InChI=1S/C13H19NO5/c1-2-7-17-13(16)14-10-8-11(15)19-12(10)18-9-5-3-4-6-9/h2,9-10,12H,1,3-8H2,(H,14,16). The van der Waals surface area contributed by atoms with Crippen molar-refractivity contribution >= 4 is 12.1 Å². The monoisotopic (exact) mass is 269 g/mol. The number of carbonyl (C=O) groups is 2. The molecule has 1 aliphatic heterocycles. The Morgan fingerprint density at radius 2 is 2.21 bits per heavy atom. The third-order valence-corrected chi connectivity index (χ3v) is 3.23. The molecular formula is C13H19NO5. The number of alkyl carbamates (subject to hydrolysis) is 1. The van der Waals surface area contributed by atoms with E-state index >= 15 is 0 Å². The number of nitrogens with one attached hydrogen (secondary N) is 1. The summed E-state index contributed by atoms with van der Waals surface area (Å²) >= 11 is 0. The van der Waals surface area contributed by atoms with Gasteiger partial charge in [-0.05, 0) is 12.8 Å². The van der Waals surface area contributed by atoms with Crippen molar-refractivity contribution in [1.29, 1.82) is 0 Å². The third-order valence-electron chi connectivity index (χ3n) is 3.23. The average molecular weight is 269 g/mol. The SMILES string of the molecule is C=CCOC(=O)NC1CC(=O)OC1OC1CCCC1. The fourth-order valence-electron chi connectivity index (χ4n) is 2.32. The lowest BCUT2D eigenvalue weighted by Gasteiger charge is -2.22. The Morgan fingerprint density at radius 3 is 2.89 bits per heavy atom. The van der Waals surface area contributed by atoms with Gasteiger partial charge in [0.1, 0.15) is 12.6 Å². The zero-order chi connectivity index (χ0) is 13.7. The van der Waals surface area contributed by atoms with Crippen molar-refractivity contribution in [3.05, 3.63) is 12.7 Å². The van der Waals surface area contributed by atoms with Gasteiger partial charge >= 0.3 is 12.1 Å². The molecule has 0 radical (unpaired) electrons. The quantitative estimate of drug-likeness (QED) is 0.604. The fourth-order valence-corrected chi connectivity index (χ4v) is 2.32. The van der Waals surface area contributed by atoms with Gasteiger partial charge in [-0.25, -0.2) is 4.79 Å². The normalized spacial score (nSPS) is 27.1. The predicted molar refractivity (Wildman–Crippen MR) is 66.3 cm³/mol. The highest BCUT2D eigenvalue weighted by atomic mass is 16.7. The number of rotatable bonds is 5. The van der Waals surface area contributed by atoms with Crippen LogP contribution in [0.3, 0.4) is 0 Å². The van der Waals surface area contributed by atoms with Gasteiger partial charge in [0.05, 0.1) is 12.5 Å². The minimum absolute atomic E-state index is 0.112. The molecule has 2 aliphatic rings. The van der Waals surface area contributed by atoms with Crippen LogP contribution in [0.2, 0.25) is 0 Å². The minimum Gasteiger partial charge on any atom is -0.445 e. The smallest absolute Gasteiger partial charge is 0.407 e. The van der Waals surface area contributed by atoms with E-state index in [2.05, 4.69) is 11.9 Å². The highest BCUT2D eigenvalue weighted by Crippen LogP contribution is 2.26. The molecule has 6 nitrogen and oxygen atoms in total. The molecule has 1 saturated heterocycles. The molecule has 2 atom stereocenters. The minimum atomic E-state index is -0.702. The number of amides is 1. The van der Waals surface area contributed by atoms with Gasteiger partial charge in [0, 0.05) is 0 Å². The first-order valence-electron chi connectivity index (χ1n) is 6.58. The molecule has 1 amide bonds. The molecule has 0 aromatic heterocycles. The van der Waals surface area contributed by atoms with Crippen molar-refractivity contribution < 1.29 is 23.8 Å². The Labute approximate surface area is 112 Å². The summed E-state index contributed by atoms with van der Waals surface area (Å²) < 4.78 is 15.6. The maximum atomic E-state index is 11.4. The van der Waals surface area contributed by atoms with Crippen molar-refractivity contribution in [2.24, 2.45) is 0 Å². The second kappa shape index (κ2) is 6.56. The van der Waals surface area contributed by atoms with Gasteiger partial charge in [0.25, 0.3) is 0 Å². The summed E-state index contributed by atoms with van der Waals surface area (Å²) in [7, 11) is 0. The van der Waals surface area contributed by atoms with Crippen LogP contribution in [0.15, 0.2) is 12.7 Å². The van der Waals surface area contributed by atoms with Crippen LogP contribution in [0.4, 0.5) is 4.79 Å². The van der Waals surface area contributed by atoms with Crippen LogP contribution in [0.1, 0.15) is 32.1 Å². The lowest BCUT2D eigenvalue weighted by atomic mass is 10.2. The summed E-state index contributed by atoms with van der Waals surface area (Å²) in [5, 5.41) is 2.59. The first kappa shape index (κ1) is 13.9. The summed E-state index contributed by atoms with van der Waals surface area (Å²) in [4.78, 5) is 22.8. The molecule has 0 spiro atoms. The summed E-state index contributed by atoms with van der Waals surface area (Å²) in [6.45, 7) is 3.58. The molecular weight excluding hydrogens is 250 g/mol. The third kappa shape index (κ3) is 3.96. The van der Waals surface area contributed by atoms with Crippen molar-refractivity contribution in [3.63, 3.8) is 0 Å². The number of esters is 1. The molecule has 0 aromatic rings. The van der Waals surface area contributed by atoms with Gasteiger partial charge in [0.2, 0.25) is 6.29 Å². The van der Waals surface area contributed by atoms with Crippen molar-refractivity contribution in [2.75, 3.05) is 6.61 Å². The van der Waals surface area contributed by atoms with Crippen molar-refractivity contribution in [1.82, 2.24) is 5.32 Å². The van der Waals surface area contributed by atoms with E-state index in [1.165, 1.54) is 6.08 Å². The lowest BCUT2D eigenvalue weighted by molar-refractivity contribution is -0.174. The Kier molecular flexibility index (Phi) is 4.79. The largest absolute Gasteiger partial charge is 0.445 e. The van der Waals surface area contributed by atoms with Gasteiger partial charge in [-0.2, -0.15) is 0 Å². The van der Waals surface area contributed by atoms with Crippen LogP contribution < -0.4 is 5.32 Å². The molecule has 0 bridgehead atoms. The molecule has 2 rings (SSSR count). The maximum Gasteiger partial charge on any atom is 0.407 e. The Bertz CT molecular complexity index is 351. The van der Waals surface area contributed by atoms with Crippen LogP contribution in [-0.4, -0.2) is 37.1 Å². The maximum absolute atomic E-state index is 11.4. The number of cyclic esters (lactones) is 1. The molecule has 1 saturated carbocycles. The van der Waals surface area contributed by atoms with Crippen LogP contribution in [0.25, 0.3) is 0 Å². The highest BCUT2D eigenvalue weighted by Gasteiger charge is 2.39. The first-order valence-corrected chi connectivity index (χ1v) is 6.58. The zero-order valence-electron chi connectivity index (χ0n) is 10.8. The Morgan fingerprint density at radius 1 is 1.47 bits per heavy atom. The van der Waals surface area contributed by atoms with E-state index in [1.807, 2.05) is 0 Å². The van der Waals surface area contributed by atoms with Gasteiger partial charge in [0.15, 0.2) is 0 Å². The highest BCUT2D eigenvalue weighted by molar-refractivity contribution is 5.75. The first-order chi connectivity index (χ1) is 9.19. The number of hydrogen-bond acceptors (Lipinski definition) is 5. The van der Waals surface area contributed by atoms with Crippen molar-refractivity contribution in [3.8, 4) is 0 Å². The second-order valence-corrected chi connectivity index (χ2v) is 4.74. The van der Waals surface area contributed by atoms with Crippen molar-refractivity contribution in [2.45, 2.75) is 50.5 Å². The van der Waals surface area contributed by atoms with E-state index in [9.17, 15) is 9.59 Å². The van der Waals surface area contributed by atoms with Gasteiger partial charge in [-0.3, -0.25) is 4.79 Å². The van der Waals surface area contributed by atoms with Gasteiger partial charge in [-0.15, -0.1) is 0 Å². The number of carbonyl (C=O) groups excluding carboxylic acids is 2. The summed E-state index contributed by atoms with van der Waals surface area (Å²) in [5.41, 5.74) is 0. The molecule has 1 heterocycles. The molecule has 6 heteroatoms. The van der Waals surface area contributed by atoms with Crippen LogP contribution in [0.5, 0.6) is 0 Å². The van der Waals surface area contributed by atoms with Gasteiger partial charge < -0.3 is 19.5 Å². The van der Waals surface area contributed by atoms with Crippen LogP contribution in [0, 0.1) is 0 Å². The van der Waals surface area contributed by atoms with E-state index < -0.39 is 18.4 Å². The molecule has 106 valence electrons. The van der Waals surface area contributed by atoms with Gasteiger partial charge in [-0.1, -0.05) is 25.5 Å². The van der Waals surface area contributed by atoms with E-state index in [1.54, 1.807) is 0 Å². The van der Waals surface area contributed by atoms with E-state index in [-0.39, 0.29) is 25.1 Å². The Hall–Kier alpha value is -1.56. The number of hydrogen-bond donors (Lipinski definition) is 1. The Balaban J connectivity index is 1.83. The topological polar surface area (TPSA) is 73.9 Å². The predicted octanol–water partition coefficient (Wildman–Crippen LogP) is 1.50. The summed E-state index contributed by atoms with van der Waals surface area (Å²) in [5.74, 6) is -0.364. The second-order valence-electron chi connectivity index (χ2n) is 4.74. The zero-order valence-corrected chi connectivity index (χ0v) is 10.8. The molecule has 1 aliphatic carbocycles. The summed E-state index contributed by atoms with van der Waals surface area (Å²) in [6, 6.07) is -0.481. The summed E-state index contributed by atoms with van der Waals surface area (Å²) in [6.07, 6.45) is 4.61. The average Bonchev–Trinajstić information content (AvgIpc) is 2.98. The number of ether oxygens (including phenoxy) is 3. The van der Waals surface area contributed by atoms with E-state index in [0.29, 0.717) is 0 Å². The molecule has 0 aromatic carbocycles. The molecule has 19 heavy (non-hydrogen) atoms. The molecule has 2 unspecified atom stereocenters. The van der Waals surface area contributed by atoms with E-state index in [0.717, 1.165) is 25.7 Å².